The lowest BCUT2D eigenvalue weighted by molar-refractivity contribution is -0.118. The van der Waals surface area contributed by atoms with Crippen LogP contribution in [0, 0.1) is 0 Å². The fraction of sp³-hybridized carbons (Fsp3) is 0.111. The van der Waals surface area contributed by atoms with Gasteiger partial charge in [0, 0.05) is 5.69 Å². The van der Waals surface area contributed by atoms with E-state index in [9.17, 15) is 9.59 Å². The van der Waals surface area contributed by atoms with Gasteiger partial charge in [0.15, 0.2) is 6.61 Å². The van der Waals surface area contributed by atoms with Crippen LogP contribution in [0.15, 0.2) is 18.2 Å². The maximum Gasteiger partial charge on any atom is 0.316 e. The maximum absolute atomic E-state index is 11.0. The molecule has 6 nitrogen and oxygen atoms in total. The van der Waals surface area contributed by atoms with E-state index < -0.39 is 6.03 Å². The standard InChI is InChI=1S/C9H9N3O3/c10-9(14)11-5-1-2-7-6(3-5)12-8(13)4-15-7/h1-3H,4H2,(H,12,13)(H3,10,11,14). The van der Waals surface area contributed by atoms with Gasteiger partial charge in [-0.15, -0.1) is 0 Å². The summed E-state index contributed by atoms with van der Waals surface area (Å²) in [6, 6.07) is 4.22. The molecule has 0 saturated carbocycles. The van der Waals surface area contributed by atoms with Crippen LogP contribution >= 0.6 is 0 Å². The van der Waals surface area contributed by atoms with Gasteiger partial charge in [0.1, 0.15) is 5.75 Å². The lowest BCUT2D eigenvalue weighted by Crippen LogP contribution is -2.25. The van der Waals surface area contributed by atoms with Crippen LogP contribution in [0.2, 0.25) is 0 Å². The van der Waals surface area contributed by atoms with Crippen LogP contribution in [0.4, 0.5) is 16.2 Å². The first-order chi connectivity index (χ1) is 7.15. The molecule has 0 aliphatic carbocycles. The van der Waals surface area contributed by atoms with E-state index in [0.717, 1.165) is 0 Å². The first kappa shape index (κ1) is 9.32. The number of fused-ring (bicyclic) bond motifs is 1. The number of anilines is 2. The number of rotatable bonds is 1. The van der Waals surface area contributed by atoms with Gasteiger partial charge in [-0.25, -0.2) is 4.79 Å². The predicted molar refractivity (Wildman–Crippen MR) is 53.8 cm³/mol. The third-order valence-corrected chi connectivity index (χ3v) is 1.88. The molecule has 15 heavy (non-hydrogen) atoms. The molecule has 1 aliphatic rings. The zero-order chi connectivity index (χ0) is 10.8. The zero-order valence-electron chi connectivity index (χ0n) is 7.74. The molecule has 0 atom stereocenters. The van der Waals surface area contributed by atoms with Crippen molar-refractivity contribution in [2.75, 3.05) is 17.2 Å². The Balaban J connectivity index is 2.28. The number of carbonyl (C=O) groups is 2. The minimum absolute atomic E-state index is 0.00952. The summed E-state index contributed by atoms with van der Waals surface area (Å²) < 4.78 is 5.14. The highest BCUT2D eigenvalue weighted by Crippen LogP contribution is 2.30. The number of hydrogen-bond acceptors (Lipinski definition) is 3. The first-order valence-electron chi connectivity index (χ1n) is 4.28. The number of primary amides is 1. The molecule has 0 saturated heterocycles. The number of carbonyl (C=O) groups excluding carboxylic acids is 2. The molecule has 4 N–H and O–H groups in total. The van der Waals surface area contributed by atoms with Crippen molar-refractivity contribution >= 4 is 23.3 Å². The minimum atomic E-state index is -0.655. The Morgan fingerprint density at radius 3 is 3.07 bits per heavy atom. The summed E-state index contributed by atoms with van der Waals surface area (Å²) in [6.45, 7) is 0.00952. The third-order valence-electron chi connectivity index (χ3n) is 1.88. The van der Waals surface area contributed by atoms with Crippen LogP contribution in [0.1, 0.15) is 0 Å². The monoisotopic (exact) mass is 207 g/mol. The predicted octanol–water partition coefficient (Wildman–Crippen LogP) is 0.508. The summed E-state index contributed by atoms with van der Waals surface area (Å²) in [5.41, 5.74) is 5.99. The second-order valence-corrected chi connectivity index (χ2v) is 3.04. The van der Waals surface area contributed by atoms with Gasteiger partial charge in [0.25, 0.3) is 5.91 Å². The molecule has 2 rings (SSSR count). The molecule has 0 bridgehead atoms. The van der Waals surface area contributed by atoms with Gasteiger partial charge in [-0.1, -0.05) is 0 Å². The Labute approximate surface area is 85.4 Å². The van der Waals surface area contributed by atoms with E-state index in [2.05, 4.69) is 10.6 Å². The molecule has 0 unspecified atom stereocenters. The molecule has 6 heteroatoms. The Bertz CT molecular complexity index is 431. The van der Waals surface area contributed by atoms with Crippen LogP contribution in [-0.4, -0.2) is 18.5 Å². The molecule has 1 heterocycles. The molecule has 78 valence electrons. The maximum atomic E-state index is 11.0. The van der Waals surface area contributed by atoms with Crippen molar-refractivity contribution in [3.8, 4) is 5.75 Å². The minimum Gasteiger partial charge on any atom is -0.482 e. The largest absolute Gasteiger partial charge is 0.482 e. The van der Waals surface area contributed by atoms with Crippen LogP contribution in [0.5, 0.6) is 5.75 Å². The second-order valence-electron chi connectivity index (χ2n) is 3.04. The van der Waals surface area contributed by atoms with Crippen molar-refractivity contribution in [3.05, 3.63) is 18.2 Å². The fourth-order valence-corrected chi connectivity index (χ4v) is 1.30. The molecular formula is C9H9N3O3. The van der Waals surface area contributed by atoms with E-state index in [4.69, 9.17) is 10.5 Å². The zero-order valence-corrected chi connectivity index (χ0v) is 7.74. The Morgan fingerprint density at radius 2 is 2.33 bits per heavy atom. The van der Waals surface area contributed by atoms with E-state index >= 15 is 0 Å². The fourth-order valence-electron chi connectivity index (χ4n) is 1.30. The van der Waals surface area contributed by atoms with E-state index in [-0.39, 0.29) is 12.5 Å². The van der Waals surface area contributed by atoms with Crippen LogP contribution < -0.4 is 21.1 Å². The van der Waals surface area contributed by atoms with E-state index in [1.54, 1.807) is 18.2 Å². The lowest BCUT2D eigenvalue weighted by Gasteiger charge is -2.18. The molecule has 0 fully saturated rings. The van der Waals surface area contributed by atoms with Gasteiger partial charge in [-0.3, -0.25) is 4.79 Å². The van der Waals surface area contributed by atoms with Crippen LogP contribution in [0.3, 0.4) is 0 Å². The highest BCUT2D eigenvalue weighted by atomic mass is 16.5. The normalized spacial score (nSPS) is 13.5. The number of urea groups is 1. The summed E-state index contributed by atoms with van der Waals surface area (Å²) >= 11 is 0. The number of amides is 3. The molecule has 0 spiro atoms. The van der Waals surface area contributed by atoms with E-state index in [1.165, 1.54) is 0 Å². The van der Waals surface area contributed by atoms with Crippen molar-refractivity contribution in [2.24, 2.45) is 5.73 Å². The summed E-state index contributed by atoms with van der Waals surface area (Å²) in [7, 11) is 0. The van der Waals surface area contributed by atoms with Gasteiger partial charge in [0.05, 0.1) is 5.69 Å². The number of benzene rings is 1. The van der Waals surface area contributed by atoms with Gasteiger partial charge in [-0.05, 0) is 18.2 Å². The van der Waals surface area contributed by atoms with E-state index in [0.29, 0.717) is 17.1 Å². The van der Waals surface area contributed by atoms with Gasteiger partial charge in [0.2, 0.25) is 0 Å². The topological polar surface area (TPSA) is 93.5 Å². The molecule has 3 amide bonds. The van der Waals surface area contributed by atoms with Gasteiger partial charge >= 0.3 is 6.03 Å². The summed E-state index contributed by atoms with van der Waals surface area (Å²) in [5, 5.41) is 5.02. The van der Waals surface area contributed by atoms with Crippen LogP contribution in [0.25, 0.3) is 0 Å². The molecule has 1 aromatic rings. The average molecular weight is 207 g/mol. The van der Waals surface area contributed by atoms with Crippen molar-refractivity contribution in [2.45, 2.75) is 0 Å². The van der Waals surface area contributed by atoms with E-state index in [1.807, 2.05) is 0 Å². The Kier molecular flexibility index (Phi) is 2.17. The first-order valence-corrected chi connectivity index (χ1v) is 4.28. The smallest absolute Gasteiger partial charge is 0.316 e. The third kappa shape index (κ3) is 1.98. The Hall–Kier alpha value is -2.24. The molecule has 1 aromatic carbocycles. The van der Waals surface area contributed by atoms with Crippen molar-refractivity contribution < 1.29 is 14.3 Å². The highest BCUT2D eigenvalue weighted by Gasteiger charge is 2.15. The Morgan fingerprint density at radius 1 is 1.53 bits per heavy atom. The number of nitrogens with two attached hydrogens (primary N) is 1. The molecule has 0 radical (unpaired) electrons. The van der Waals surface area contributed by atoms with Crippen LogP contribution in [-0.2, 0) is 4.79 Å². The molecule has 1 aliphatic heterocycles. The average Bonchev–Trinajstić information content (AvgIpc) is 2.16. The number of nitrogens with one attached hydrogen (secondary N) is 2. The van der Waals surface area contributed by atoms with Crippen molar-refractivity contribution in [3.63, 3.8) is 0 Å². The second kappa shape index (κ2) is 3.49. The SMILES string of the molecule is NC(=O)Nc1ccc2c(c1)NC(=O)CO2. The highest BCUT2D eigenvalue weighted by molar-refractivity contribution is 5.97. The quantitative estimate of drug-likeness (QED) is 0.626. The van der Waals surface area contributed by atoms with Gasteiger partial charge < -0.3 is 21.1 Å². The molecular weight excluding hydrogens is 198 g/mol. The molecule has 0 aromatic heterocycles. The summed E-state index contributed by atoms with van der Waals surface area (Å²) in [6.07, 6.45) is 0. The summed E-state index contributed by atoms with van der Waals surface area (Å²) in [4.78, 5) is 21.6. The summed E-state index contributed by atoms with van der Waals surface area (Å²) in [5.74, 6) is 0.350. The van der Waals surface area contributed by atoms with Gasteiger partial charge in [-0.2, -0.15) is 0 Å². The van der Waals surface area contributed by atoms with Crippen molar-refractivity contribution in [1.29, 1.82) is 0 Å². The van der Waals surface area contributed by atoms with Crippen molar-refractivity contribution in [1.82, 2.24) is 0 Å². The number of ether oxygens (including phenoxy) is 1. The lowest BCUT2D eigenvalue weighted by atomic mass is 10.2. The number of hydrogen-bond donors (Lipinski definition) is 3.